The number of H-pyrrole nitrogens is 1. The summed E-state index contributed by atoms with van der Waals surface area (Å²) >= 11 is 0. The topological polar surface area (TPSA) is 114 Å². The number of aromatic amines is 1. The number of nitrogens with two attached hydrogens (primary N) is 1. The van der Waals surface area contributed by atoms with E-state index in [0.717, 1.165) is 16.7 Å². The summed E-state index contributed by atoms with van der Waals surface area (Å²) in [7, 11) is 0. The molecule has 2 amide bonds. The molecule has 7 nitrogen and oxygen atoms in total. The Morgan fingerprint density at radius 3 is 2.91 bits per heavy atom. The third kappa shape index (κ3) is 3.08. The van der Waals surface area contributed by atoms with Gasteiger partial charge in [-0.15, -0.1) is 0 Å². The smallest absolute Gasteiger partial charge is 0.267 e. The first-order valence-corrected chi connectivity index (χ1v) is 7.16. The Morgan fingerprint density at radius 1 is 1.39 bits per heavy atom. The number of carbonyl (C=O) groups is 2. The summed E-state index contributed by atoms with van der Waals surface area (Å²) in [6.07, 6.45) is 1.88. The lowest BCUT2D eigenvalue weighted by Crippen LogP contribution is -2.26. The average molecular weight is 312 g/mol. The van der Waals surface area contributed by atoms with Gasteiger partial charge in [0.15, 0.2) is 11.5 Å². The van der Waals surface area contributed by atoms with Crippen LogP contribution < -0.4 is 11.1 Å². The van der Waals surface area contributed by atoms with E-state index in [1.807, 2.05) is 25.1 Å². The summed E-state index contributed by atoms with van der Waals surface area (Å²) in [5.74, 6) is -0.328. The van der Waals surface area contributed by atoms with Gasteiger partial charge in [-0.1, -0.05) is 12.1 Å². The van der Waals surface area contributed by atoms with Gasteiger partial charge in [-0.25, -0.2) is 4.98 Å². The number of nitrogens with one attached hydrogen (secondary N) is 2. The molecular formula is C16H16N4O3. The molecule has 0 atom stereocenters. The standard InChI is InChI=1S/C16H16N4O3/c1-9-3-2-4-12-14(9)20-13(23-12)5-6-18-16(22)11-7-10(8-19-11)15(17)21/h2-4,7-8,19H,5-6H2,1H3,(H2,17,21)(H,18,22). The second kappa shape index (κ2) is 5.96. The molecule has 0 bridgehead atoms. The van der Waals surface area contributed by atoms with Crippen molar-refractivity contribution >= 4 is 22.9 Å². The van der Waals surface area contributed by atoms with Crippen LogP contribution in [0.1, 0.15) is 32.3 Å². The lowest BCUT2D eigenvalue weighted by Gasteiger charge is -2.01. The van der Waals surface area contributed by atoms with E-state index in [9.17, 15) is 9.59 Å². The Morgan fingerprint density at radius 2 is 2.22 bits per heavy atom. The van der Waals surface area contributed by atoms with Crippen LogP contribution in [0.25, 0.3) is 11.1 Å². The van der Waals surface area contributed by atoms with Gasteiger partial charge in [0.05, 0.1) is 5.56 Å². The van der Waals surface area contributed by atoms with Crippen LogP contribution in [0.3, 0.4) is 0 Å². The van der Waals surface area contributed by atoms with Crippen LogP contribution in [0, 0.1) is 6.92 Å². The SMILES string of the molecule is Cc1cccc2oc(CCNC(=O)c3cc(C(N)=O)c[nH]3)nc12. The second-order valence-electron chi connectivity index (χ2n) is 5.20. The molecule has 3 rings (SSSR count). The van der Waals surface area contributed by atoms with Crippen LogP contribution in [0.5, 0.6) is 0 Å². The van der Waals surface area contributed by atoms with E-state index in [1.54, 1.807) is 0 Å². The molecule has 0 aliphatic heterocycles. The van der Waals surface area contributed by atoms with Gasteiger partial charge in [-0.05, 0) is 24.6 Å². The number of primary amides is 1. The van der Waals surface area contributed by atoms with Crippen LogP contribution in [0.2, 0.25) is 0 Å². The van der Waals surface area contributed by atoms with E-state index in [0.29, 0.717) is 18.9 Å². The Bertz CT molecular complexity index is 878. The molecule has 2 heterocycles. The highest BCUT2D eigenvalue weighted by molar-refractivity contribution is 5.98. The van der Waals surface area contributed by atoms with Crippen molar-refractivity contribution in [1.29, 1.82) is 0 Å². The number of oxazole rings is 1. The normalized spacial score (nSPS) is 10.8. The molecule has 4 N–H and O–H groups in total. The summed E-state index contributed by atoms with van der Waals surface area (Å²) in [5, 5.41) is 2.74. The lowest BCUT2D eigenvalue weighted by molar-refractivity contribution is 0.0949. The highest BCUT2D eigenvalue weighted by Crippen LogP contribution is 2.18. The van der Waals surface area contributed by atoms with Crippen molar-refractivity contribution in [3.63, 3.8) is 0 Å². The van der Waals surface area contributed by atoms with Gasteiger partial charge in [0.1, 0.15) is 11.2 Å². The van der Waals surface area contributed by atoms with Gasteiger partial charge in [-0.3, -0.25) is 9.59 Å². The number of aromatic nitrogens is 2. The van der Waals surface area contributed by atoms with Crippen LogP contribution in [0.4, 0.5) is 0 Å². The molecule has 7 heteroatoms. The third-order valence-corrected chi connectivity index (χ3v) is 3.50. The first-order valence-electron chi connectivity index (χ1n) is 7.16. The number of para-hydroxylation sites is 1. The fraction of sp³-hybridized carbons (Fsp3) is 0.188. The Hall–Kier alpha value is -3.09. The minimum Gasteiger partial charge on any atom is -0.441 e. The van der Waals surface area contributed by atoms with E-state index in [4.69, 9.17) is 10.2 Å². The molecule has 0 spiro atoms. The molecule has 0 radical (unpaired) electrons. The maximum absolute atomic E-state index is 12.0. The number of rotatable bonds is 5. The van der Waals surface area contributed by atoms with Crippen molar-refractivity contribution in [2.45, 2.75) is 13.3 Å². The number of benzene rings is 1. The maximum Gasteiger partial charge on any atom is 0.267 e. The molecule has 0 aliphatic carbocycles. The van der Waals surface area contributed by atoms with E-state index in [1.165, 1.54) is 12.3 Å². The van der Waals surface area contributed by atoms with Crippen molar-refractivity contribution in [3.05, 3.63) is 53.2 Å². The minimum absolute atomic E-state index is 0.268. The Kier molecular flexibility index (Phi) is 3.84. The van der Waals surface area contributed by atoms with E-state index in [2.05, 4.69) is 15.3 Å². The monoisotopic (exact) mass is 312 g/mol. The summed E-state index contributed by atoms with van der Waals surface area (Å²) < 4.78 is 5.64. The predicted molar refractivity (Wildman–Crippen MR) is 84.1 cm³/mol. The van der Waals surface area contributed by atoms with Crippen molar-refractivity contribution in [3.8, 4) is 0 Å². The summed E-state index contributed by atoms with van der Waals surface area (Å²) in [6, 6.07) is 7.16. The maximum atomic E-state index is 12.0. The van der Waals surface area contributed by atoms with Crippen molar-refractivity contribution < 1.29 is 14.0 Å². The summed E-state index contributed by atoms with van der Waals surface area (Å²) in [5.41, 5.74) is 8.32. The number of hydrogen-bond acceptors (Lipinski definition) is 4. The number of fused-ring (bicyclic) bond motifs is 1. The lowest BCUT2D eigenvalue weighted by atomic mass is 10.2. The number of nitrogens with zero attached hydrogens (tertiary/aromatic N) is 1. The highest BCUT2D eigenvalue weighted by atomic mass is 16.3. The second-order valence-corrected chi connectivity index (χ2v) is 5.20. The summed E-state index contributed by atoms with van der Waals surface area (Å²) in [4.78, 5) is 30.1. The molecule has 23 heavy (non-hydrogen) atoms. The predicted octanol–water partition coefficient (Wildman–Crippen LogP) is 1.54. The fourth-order valence-electron chi connectivity index (χ4n) is 2.28. The zero-order valence-corrected chi connectivity index (χ0v) is 12.6. The van der Waals surface area contributed by atoms with Gasteiger partial charge >= 0.3 is 0 Å². The van der Waals surface area contributed by atoms with Gasteiger partial charge in [0, 0.05) is 19.2 Å². The first-order chi connectivity index (χ1) is 11.0. The van der Waals surface area contributed by atoms with Gasteiger partial charge in [0.25, 0.3) is 5.91 Å². The molecule has 118 valence electrons. The van der Waals surface area contributed by atoms with Crippen LogP contribution in [-0.2, 0) is 6.42 Å². The first kappa shape index (κ1) is 14.8. The quantitative estimate of drug-likeness (QED) is 0.663. The van der Waals surface area contributed by atoms with Crippen LogP contribution >= 0.6 is 0 Å². The third-order valence-electron chi connectivity index (χ3n) is 3.50. The molecule has 0 unspecified atom stereocenters. The van der Waals surface area contributed by atoms with E-state index in [-0.39, 0.29) is 17.2 Å². The Balaban J connectivity index is 1.60. The minimum atomic E-state index is -0.581. The fourth-order valence-corrected chi connectivity index (χ4v) is 2.28. The molecule has 2 aromatic heterocycles. The molecule has 0 aliphatic rings. The number of aryl methyl sites for hydroxylation is 1. The van der Waals surface area contributed by atoms with Crippen LogP contribution in [0.15, 0.2) is 34.9 Å². The van der Waals surface area contributed by atoms with Gasteiger partial charge in [-0.2, -0.15) is 0 Å². The molecule has 3 aromatic rings. The zero-order chi connectivity index (χ0) is 16.4. The number of hydrogen-bond donors (Lipinski definition) is 3. The highest BCUT2D eigenvalue weighted by Gasteiger charge is 2.12. The largest absolute Gasteiger partial charge is 0.441 e. The molecule has 0 saturated heterocycles. The molecule has 0 saturated carbocycles. The van der Waals surface area contributed by atoms with Gasteiger partial charge in [0.2, 0.25) is 5.91 Å². The van der Waals surface area contributed by atoms with E-state index < -0.39 is 5.91 Å². The van der Waals surface area contributed by atoms with E-state index >= 15 is 0 Å². The zero-order valence-electron chi connectivity index (χ0n) is 12.6. The van der Waals surface area contributed by atoms with Crippen molar-refractivity contribution in [2.24, 2.45) is 5.73 Å². The summed E-state index contributed by atoms with van der Waals surface area (Å²) in [6.45, 7) is 2.34. The molecular weight excluding hydrogens is 296 g/mol. The van der Waals surface area contributed by atoms with Crippen LogP contribution in [-0.4, -0.2) is 28.3 Å². The van der Waals surface area contributed by atoms with Crippen molar-refractivity contribution in [2.75, 3.05) is 6.54 Å². The number of carbonyl (C=O) groups excluding carboxylic acids is 2. The van der Waals surface area contributed by atoms with Crippen molar-refractivity contribution in [1.82, 2.24) is 15.3 Å². The van der Waals surface area contributed by atoms with Gasteiger partial charge < -0.3 is 20.5 Å². The molecule has 1 aromatic carbocycles. The Labute approximate surface area is 131 Å². The molecule has 0 fully saturated rings. The number of amides is 2. The average Bonchev–Trinajstić information content (AvgIpc) is 3.14.